The SMILES string of the molecule is Cn1nc([C@@H]2CCCO2)cc1NC(=O)Nc1cc2n(n1)CCCC2. The smallest absolute Gasteiger partial charge is 0.326 e. The number of nitrogens with one attached hydrogen (secondary N) is 2. The lowest BCUT2D eigenvalue weighted by atomic mass is 10.1. The third kappa shape index (κ3) is 3.01. The number of ether oxygens (including phenoxy) is 1. The van der Waals surface area contributed by atoms with Gasteiger partial charge in [-0.15, -0.1) is 0 Å². The van der Waals surface area contributed by atoms with Crippen molar-refractivity contribution in [2.45, 2.75) is 44.8 Å². The summed E-state index contributed by atoms with van der Waals surface area (Å²) < 4.78 is 9.27. The van der Waals surface area contributed by atoms with E-state index < -0.39 is 0 Å². The molecule has 1 fully saturated rings. The van der Waals surface area contributed by atoms with E-state index in [9.17, 15) is 4.79 Å². The highest BCUT2D eigenvalue weighted by Crippen LogP contribution is 2.29. The Morgan fingerprint density at radius 3 is 2.96 bits per heavy atom. The molecule has 2 aromatic rings. The number of carbonyl (C=O) groups excluding carboxylic acids is 1. The van der Waals surface area contributed by atoms with Crippen LogP contribution in [0.2, 0.25) is 0 Å². The molecule has 2 aromatic heterocycles. The second kappa shape index (κ2) is 6.27. The molecule has 8 nitrogen and oxygen atoms in total. The fourth-order valence-corrected chi connectivity index (χ4v) is 3.32. The molecular weight excluding hydrogens is 308 g/mol. The molecule has 0 spiro atoms. The van der Waals surface area contributed by atoms with Crippen molar-refractivity contribution in [3.63, 3.8) is 0 Å². The van der Waals surface area contributed by atoms with Gasteiger partial charge in [0.15, 0.2) is 5.82 Å². The van der Waals surface area contributed by atoms with E-state index in [4.69, 9.17) is 4.74 Å². The molecule has 0 aromatic carbocycles. The van der Waals surface area contributed by atoms with Crippen LogP contribution in [0.1, 0.15) is 43.2 Å². The molecule has 2 aliphatic heterocycles. The van der Waals surface area contributed by atoms with Crippen LogP contribution in [-0.2, 0) is 24.8 Å². The van der Waals surface area contributed by atoms with Gasteiger partial charge in [0, 0.05) is 38.0 Å². The van der Waals surface area contributed by atoms with Crippen LogP contribution < -0.4 is 10.6 Å². The van der Waals surface area contributed by atoms with Gasteiger partial charge in [0.05, 0.1) is 5.69 Å². The van der Waals surface area contributed by atoms with E-state index in [2.05, 4.69) is 20.8 Å². The highest BCUT2D eigenvalue weighted by molar-refractivity contribution is 5.98. The summed E-state index contributed by atoms with van der Waals surface area (Å²) in [7, 11) is 1.81. The van der Waals surface area contributed by atoms with E-state index in [1.165, 1.54) is 12.1 Å². The highest BCUT2D eigenvalue weighted by Gasteiger charge is 2.22. The number of nitrogens with zero attached hydrogens (tertiary/aromatic N) is 4. The third-order valence-electron chi connectivity index (χ3n) is 4.56. The molecule has 2 N–H and O–H groups in total. The number of anilines is 2. The lowest BCUT2D eigenvalue weighted by Gasteiger charge is -2.11. The average Bonchev–Trinajstić information content (AvgIpc) is 3.27. The number of aryl methyl sites for hydroxylation is 3. The molecule has 4 rings (SSSR count). The molecule has 4 heterocycles. The van der Waals surface area contributed by atoms with Gasteiger partial charge in [0.1, 0.15) is 11.9 Å². The van der Waals surface area contributed by atoms with E-state index in [0.29, 0.717) is 11.6 Å². The monoisotopic (exact) mass is 330 g/mol. The number of rotatable bonds is 3. The lowest BCUT2D eigenvalue weighted by molar-refractivity contribution is 0.108. The number of amides is 2. The fraction of sp³-hybridized carbons (Fsp3) is 0.562. The van der Waals surface area contributed by atoms with Crippen LogP contribution in [-0.4, -0.2) is 32.2 Å². The second-order valence-corrected chi connectivity index (χ2v) is 6.36. The van der Waals surface area contributed by atoms with Gasteiger partial charge in [-0.25, -0.2) is 4.79 Å². The number of carbonyl (C=O) groups is 1. The Morgan fingerprint density at radius 1 is 1.25 bits per heavy atom. The third-order valence-corrected chi connectivity index (χ3v) is 4.56. The van der Waals surface area contributed by atoms with Crippen molar-refractivity contribution >= 4 is 17.7 Å². The molecule has 0 unspecified atom stereocenters. The molecule has 128 valence electrons. The molecule has 0 saturated carbocycles. The maximum Gasteiger partial charge on any atom is 0.326 e. The zero-order chi connectivity index (χ0) is 16.5. The first kappa shape index (κ1) is 15.2. The normalized spacial score (nSPS) is 20.0. The maximum absolute atomic E-state index is 12.2. The Labute approximate surface area is 140 Å². The van der Waals surface area contributed by atoms with Crippen LogP contribution in [0.4, 0.5) is 16.4 Å². The topological polar surface area (TPSA) is 86.0 Å². The van der Waals surface area contributed by atoms with Crippen LogP contribution in [0.3, 0.4) is 0 Å². The van der Waals surface area contributed by atoms with Crippen LogP contribution >= 0.6 is 0 Å². The van der Waals surface area contributed by atoms with Crippen molar-refractivity contribution < 1.29 is 9.53 Å². The number of hydrogen-bond donors (Lipinski definition) is 2. The number of hydrogen-bond acceptors (Lipinski definition) is 4. The van der Waals surface area contributed by atoms with Gasteiger partial charge < -0.3 is 4.74 Å². The van der Waals surface area contributed by atoms with E-state index in [0.717, 1.165) is 44.5 Å². The van der Waals surface area contributed by atoms with Crippen LogP contribution in [0.15, 0.2) is 12.1 Å². The second-order valence-electron chi connectivity index (χ2n) is 6.36. The number of fused-ring (bicyclic) bond motifs is 1. The van der Waals surface area contributed by atoms with Gasteiger partial charge in [0.2, 0.25) is 0 Å². The van der Waals surface area contributed by atoms with E-state index in [1.54, 1.807) is 4.68 Å². The Morgan fingerprint density at radius 2 is 2.17 bits per heavy atom. The van der Waals surface area contributed by atoms with E-state index >= 15 is 0 Å². The maximum atomic E-state index is 12.2. The van der Waals surface area contributed by atoms with Crippen molar-refractivity contribution in [3.05, 3.63) is 23.5 Å². The largest absolute Gasteiger partial charge is 0.372 e. The summed E-state index contributed by atoms with van der Waals surface area (Å²) in [6.45, 7) is 1.70. The van der Waals surface area contributed by atoms with Gasteiger partial charge in [-0.1, -0.05) is 0 Å². The Bertz CT molecular complexity index is 720. The average molecular weight is 330 g/mol. The van der Waals surface area contributed by atoms with Crippen LogP contribution in [0.25, 0.3) is 0 Å². The van der Waals surface area contributed by atoms with Crippen molar-refractivity contribution in [3.8, 4) is 0 Å². The minimum absolute atomic E-state index is 0.0367. The summed E-state index contributed by atoms with van der Waals surface area (Å²) in [5.74, 6) is 1.23. The van der Waals surface area contributed by atoms with Gasteiger partial charge in [-0.3, -0.25) is 20.0 Å². The standard InChI is InChI=1S/C16H22N6O2/c1-21-15(10-12(19-21)13-6-4-8-24-13)18-16(23)17-14-9-11-5-2-3-7-22(11)20-14/h9-10,13H,2-8H2,1H3,(H2,17,18,20,23)/t13-/m0/s1. The van der Waals surface area contributed by atoms with Crippen molar-refractivity contribution in [1.82, 2.24) is 19.6 Å². The highest BCUT2D eigenvalue weighted by atomic mass is 16.5. The molecule has 2 aliphatic rings. The minimum Gasteiger partial charge on any atom is -0.372 e. The molecule has 24 heavy (non-hydrogen) atoms. The first-order chi connectivity index (χ1) is 11.7. The summed E-state index contributed by atoms with van der Waals surface area (Å²) in [4.78, 5) is 12.2. The molecule has 0 aliphatic carbocycles. The van der Waals surface area contributed by atoms with Crippen LogP contribution in [0, 0.1) is 0 Å². The minimum atomic E-state index is -0.313. The van der Waals surface area contributed by atoms with Gasteiger partial charge in [-0.05, 0) is 32.1 Å². The molecule has 2 amide bonds. The van der Waals surface area contributed by atoms with Gasteiger partial charge in [0.25, 0.3) is 0 Å². The lowest BCUT2D eigenvalue weighted by Crippen LogP contribution is -2.21. The fourth-order valence-electron chi connectivity index (χ4n) is 3.32. The zero-order valence-corrected chi connectivity index (χ0v) is 13.8. The summed E-state index contributed by atoms with van der Waals surface area (Å²) in [6, 6.07) is 3.50. The van der Waals surface area contributed by atoms with Crippen molar-refractivity contribution in [2.75, 3.05) is 17.2 Å². The summed E-state index contributed by atoms with van der Waals surface area (Å²) in [6.07, 6.45) is 5.40. The molecule has 0 radical (unpaired) electrons. The zero-order valence-electron chi connectivity index (χ0n) is 13.8. The van der Waals surface area contributed by atoms with Crippen molar-refractivity contribution in [1.29, 1.82) is 0 Å². The predicted molar refractivity (Wildman–Crippen MR) is 88.9 cm³/mol. The summed E-state index contributed by atoms with van der Waals surface area (Å²) in [5, 5.41) is 14.5. The molecule has 0 bridgehead atoms. The quantitative estimate of drug-likeness (QED) is 0.905. The Hall–Kier alpha value is -2.35. The Balaban J connectivity index is 1.41. The molecule has 1 saturated heterocycles. The first-order valence-corrected chi connectivity index (χ1v) is 8.49. The van der Waals surface area contributed by atoms with Gasteiger partial charge in [-0.2, -0.15) is 10.2 Å². The first-order valence-electron chi connectivity index (χ1n) is 8.49. The summed E-state index contributed by atoms with van der Waals surface area (Å²) >= 11 is 0. The Kier molecular flexibility index (Phi) is 3.97. The number of aromatic nitrogens is 4. The van der Waals surface area contributed by atoms with Crippen LogP contribution in [0.5, 0.6) is 0 Å². The predicted octanol–water partition coefficient (Wildman–Crippen LogP) is 2.45. The molecule has 8 heteroatoms. The summed E-state index contributed by atoms with van der Waals surface area (Å²) in [5.41, 5.74) is 2.04. The molecule has 1 atom stereocenters. The molecular formula is C16H22N6O2. The van der Waals surface area contributed by atoms with E-state index in [1.807, 2.05) is 23.9 Å². The number of urea groups is 1. The van der Waals surface area contributed by atoms with E-state index in [-0.39, 0.29) is 12.1 Å². The van der Waals surface area contributed by atoms with Gasteiger partial charge >= 0.3 is 6.03 Å². The van der Waals surface area contributed by atoms with Crippen molar-refractivity contribution in [2.24, 2.45) is 7.05 Å².